The molecule has 5 heteroatoms. The number of Topliss-reactive ketones (excluding diaryl/α,β-unsaturated/α-hetero) is 1. The van der Waals surface area contributed by atoms with E-state index >= 15 is 0 Å². The van der Waals surface area contributed by atoms with Gasteiger partial charge in [-0.1, -0.05) is 43.7 Å². The lowest BCUT2D eigenvalue weighted by atomic mass is 9.46. The molecule has 1 aliphatic heterocycles. The number of amides is 1. The Morgan fingerprint density at radius 3 is 2.55 bits per heavy atom. The molecule has 0 bridgehead atoms. The second kappa shape index (κ2) is 4.93. The lowest BCUT2D eigenvalue weighted by Gasteiger charge is -2.57. The number of carbonyl (C=O) groups excluding carboxylic acids is 3. The maximum absolute atomic E-state index is 12.6. The van der Waals surface area contributed by atoms with Gasteiger partial charge in [0.15, 0.2) is 5.41 Å². The molecular weight excluding hydrogens is 282 g/mol. The van der Waals surface area contributed by atoms with Gasteiger partial charge in [-0.25, -0.2) is 0 Å². The van der Waals surface area contributed by atoms with E-state index in [9.17, 15) is 14.4 Å². The highest BCUT2D eigenvalue weighted by molar-refractivity contribution is 6.45. The number of rotatable bonds is 4. The van der Waals surface area contributed by atoms with E-state index in [1.165, 1.54) is 0 Å². The minimum atomic E-state index is -1.41. The molecule has 1 unspecified atom stereocenters. The van der Waals surface area contributed by atoms with Gasteiger partial charge in [-0.2, -0.15) is 0 Å². The van der Waals surface area contributed by atoms with Crippen LogP contribution in [0.2, 0.25) is 0 Å². The van der Waals surface area contributed by atoms with Crippen LogP contribution in [0.4, 0.5) is 0 Å². The van der Waals surface area contributed by atoms with Crippen molar-refractivity contribution in [3.05, 3.63) is 35.9 Å². The van der Waals surface area contributed by atoms with Gasteiger partial charge >= 0.3 is 5.97 Å². The van der Waals surface area contributed by atoms with E-state index in [1.807, 2.05) is 37.3 Å². The zero-order valence-corrected chi connectivity index (χ0v) is 12.7. The van der Waals surface area contributed by atoms with Gasteiger partial charge in [-0.3, -0.25) is 14.4 Å². The Bertz CT molecular complexity index is 641. The molecule has 1 heterocycles. The first-order valence-corrected chi connectivity index (χ1v) is 7.64. The second-order valence-electron chi connectivity index (χ2n) is 5.89. The predicted octanol–water partition coefficient (Wildman–Crippen LogP) is 1.56. The van der Waals surface area contributed by atoms with Crippen molar-refractivity contribution in [2.75, 3.05) is 6.61 Å². The Labute approximate surface area is 129 Å². The first kappa shape index (κ1) is 14.8. The lowest BCUT2D eigenvalue weighted by molar-refractivity contribution is -0.181. The van der Waals surface area contributed by atoms with Gasteiger partial charge in [0.25, 0.3) is 5.91 Å². The first-order valence-electron chi connectivity index (χ1n) is 7.64. The Balaban J connectivity index is 2.19. The number of hydrogen-bond acceptors (Lipinski definition) is 4. The van der Waals surface area contributed by atoms with Crippen LogP contribution in [0.1, 0.15) is 32.3 Å². The number of carbonyl (C=O) groups is 3. The Hall–Kier alpha value is -2.17. The van der Waals surface area contributed by atoms with E-state index in [0.29, 0.717) is 6.42 Å². The summed E-state index contributed by atoms with van der Waals surface area (Å²) in [6.45, 7) is 3.88. The highest BCUT2D eigenvalue weighted by Crippen LogP contribution is 2.64. The standard InChI is InChI=1S/C17H19NO4/c1-3-11-10-16(15(21)22-4-2)13(19)14(20)18-17(11,16)12-8-6-5-7-9-12/h5-9,11H,3-4,10H2,1-2H3,(H,18,20)/t11?,16-,17+/m1/s1. The maximum Gasteiger partial charge on any atom is 0.323 e. The van der Waals surface area contributed by atoms with E-state index in [2.05, 4.69) is 5.32 Å². The summed E-state index contributed by atoms with van der Waals surface area (Å²) in [5.74, 6) is -1.91. The van der Waals surface area contributed by atoms with Crippen LogP contribution in [-0.2, 0) is 24.7 Å². The Morgan fingerprint density at radius 2 is 1.95 bits per heavy atom. The summed E-state index contributed by atoms with van der Waals surface area (Å²) in [6.07, 6.45) is 1.12. The molecule has 22 heavy (non-hydrogen) atoms. The van der Waals surface area contributed by atoms with Crippen LogP contribution in [0.15, 0.2) is 30.3 Å². The first-order chi connectivity index (χ1) is 10.5. The molecule has 0 aromatic heterocycles. The molecule has 3 atom stereocenters. The number of ketones is 1. The van der Waals surface area contributed by atoms with Gasteiger partial charge in [-0.05, 0) is 24.8 Å². The summed E-state index contributed by atoms with van der Waals surface area (Å²) in [6, 6.07) is 9.27. The van der Waals surface area contributed by atoms with E-state index in [1.54, 1.807) is 6.92 Å². The van der Waals surface area contributed by atoms with Crippen molar-refractivity contribution in [3.8, 4) is 0 Å². The van der Waals surface area contributed by atoms with Gasteiger partial charge in [0.05, 0.1) is 12.1 Å². The molecule has 116 valence electrons. The third-order valence-electron chi connectivity index (χ3n) is 5.09. The van der Waals surface area contributed by atoms with Gasteiger partial charge < -0.3 is 10.1 Å². The molecule has 1 aromatic rings. The van der Waals surface area contributed by atoms with Gasteiger partial charge in [-0.15, -0.1) is 0 Å². The molecule has 3 rings (SSSR count). The minimum absolute atomic E-state index is 0.0368. The summed E-state index contributed by atoms with van der Waals surface area (Å²) >= 11 is 0. The van der Waals surface area contributed by atoms with Gasteiger partial charge in [0.1, 0.15) is 0 Å². The molecule has 5 nitrogen and oxygen atoms in total. The lowest BCUT2D eigenvalue weighted by Crippen LogP contribution is -2.68. The number of esters is 1. The van der Waals surface area contributed by atoms with Crippen molar-refractivity contribution in [2.45, 2.75) is 32.2 Å². The van der Waals surface area contributed by atoms with Crippen LogP contribution in [0, 0.1) is 11.3 Å². The molecule has 2 aliphatic rings. The van der Waals surface area contributed by atoms with Crippen molar-refractivity contribution in [1.82, 2.24) is 5.32 Å². The summed E-state index contributed by atoms with van der Waals surface area (Å²) in [7, 11) is 0. The van der Waals surface area contributed by atoms with Crippen LogP contribution in [0.5, 0.6) is 0 Å². The van der Waals surface area contributed by atoms with Crippen molar-refractivity contribution in [3.63, 3.8) is 0 Å². The van der Waals surface area contributed by atoms with Crippen LogP contribution in [0.3, 0.4) is 0 Å². The number of ether oxygens (including phenoxy) is 1. The molecule has 1 saturated heterocycles. The van der Waals surface area contributed by atoms with Gasteiger partial charge in [0, 0.05) is 0 Å². The maximum atomic E-state index is 12.6. The van der Waals surface area contributed by atoms with Crippen molar-refractivity contribution >= 4 is 17.7 Å². The topological polar surface area (TPSA) is 72.5 Å². The monoisotopic (exact) mass is 301 g/mol. The van der Waals surface area contributed by atoms with Crippen LogP contribution < -0.4 is 5.32 Å². The third kappa shape index (κ3) is 1.51. The Morgan fingerprint density at radius 1 is 1.27 bits per heavy atom. The summed E-state index contributed by atoms with van der Waals surface area (Å²) in [5.41, 5.74) is -1.59. The fraction of sp³-hybridized carbons (Fsp3) is 0.471. The molecule has 0 spiro atoms. The SMILES string of the molecule is CCOC(=O)[C@]12CC(CC)[C@@]1(c1ccccc1)NC(=O)C2=O. The summed E-state index contributed by atoms with van der Waals surface area (Å²) in [5, 5.41) is 2.82. The molecular formula is C17H19NO4. The second-order valence-corrected chi connectivity index (χ2v) is 5.89. The molecule has 1 aliphatic carbocycles. The molecule has 1 saturated carbocycles. The number of benzene rings is 1. The average Bonchev–Trinajstić information content (AvgIpc) is 2.68. The number of fused-ring (bicyclic) bond motifs is 1. The van der Waals surface area contributed by atoms with E-state index < -0.39 is 28.6 Å². The highest BCUT2D eigenvalue weighted by Gasteiger charge is 2.79. The molecule has 1 N–H and O–H groups in total. The summed E-state index contributed by atoms with van der Waals surface area (Å²) in [4.78, 5) is 37.2. The fourth-order valence-corrected chi connectivity index (χ4v) is 4.11. The van der Waals surface area contributed by atoms with Crippen LogP contribution >= 0.6 is 0 Å². The van der Waals surface area contributed by atoms with Crippen molar-refractivity contribution in [1.29, 1.82) is 0 Å². The molecule has 1 aromatic carbocycles. The normalized spacial score (nSPS) is 32.9. The van der Waals surface area contributed by atoms with Crippen molar-refractivity contribution < 1.29 is 19.1 Å². The highest BCUT2D eigenvalue weighted by atomic mass is 16.5. The molecule has 1 amide bonds. The number of hydrogen-bond donors (Lipinski definition) is 1. The quantitative estimate of drug-likeness (QED) is 0.520. The zero-order chi connectivity index (χ0) is 16.0. The van der Waals surface area contributed by atoms with E-state index in [4.69, 9.17) is 4.74 Å². The molecule has 0 radical (unpaired) electrons. The average molecular weight is 301 g/mol. The van der Waals surface area contributed by atoms with Crippen LogP contribution in [-0.4, -0.2) is 24.3 Å². The van der Waals surface area contributed by atoms with E-state index in [0.717, 1.165) is 12.0 Å². The van der Waals surface area contributed by atoms with Gasteiger partial charge in [0.2, 0.25) is 5.78 Å². The largest absolute Gasteiger partial charge is 0.465 e. The van der Waals surface area contributed by atoms with E-state index in [-0.39, 0.29) is 12.5 Å². The predicted molar refractivity (Wildman–Crippen MR) is 78.7 cm³/mol. The fourth-order valence-electron chi connectivity index (χ4n) is 4.11. The minimum Gasteiger partial charge on any atom is -0.465 e. The third-order valence-corrected chi connectivity index (χ3v) is 5.09. The Kier molecular flexibility index (Phi) is 3.31. The number of nitrogens with one attached hydrogen (secondary N) is 1. The van der Waals surface area contributed by atoms with Crippen LogP contribution in [0.25, 0.3) is 0 Å². The van der Waals surface area contributed by atoms with Crippen molar-refractivity contribution in [2.24, 2.45) is 11.3 Å². The summed E-state index contributed by atoms with van der Waals surface area (Å²) < 4.78 is 5.16. The molecule has 2 fully saturated rings. The zero-order valence-electron chi connectivity index (χ0n) is 12.7. The smallest absolute Gasteiger partial charge is 0.323 e.